The van der Waals surface area contributed by atoms with Gasteiger partial charge in [0.1, 0.15) is 17.9 Å². The molecule has 13 heteroatoms. The number of nitrogens with zero attached hydrogens (tertiary/aromatic N) is 4. The van der Waals surface area contributed by atoms with Crippen LogP contribution in [-0.4, -0.2) is 49.6 Å². The van der Waals surface area contributed by atoms with E-state index in [1.54, 1.807) is 13.8 Å². The predicted octanol–water partition coefficient (Wildman–Crippen LogP) is 2.16. The number of ether oxygens (including phenoxy) is 1. The van der Waals surface area contributed by atoms with Gasteiger partial charge in [-0.25, -0.2) is 23.9 Å². The molecule has 0 spiro atoms. The van der Waals surface area contributed by atoms with Crippen LogP contribution in [0.4, 0.5) is 10.2 Å². The van der Waals surface area contributed by atoms with E-state index in [1.807, 2.05) is 0 Å². The molecule has 2 saturated heterocycles. The van der Waals surface area contributed by atoms with Crippen LogP contribution in [0.2, 0.25) is 0 Å². The van der Waals surface area contributed by atoms with Gasteiger partial charge in [0.25, 0.3) is 5.13 Å². The topological polar surface area (TPSA) is 124 Å². The Morgan fingerprint density at radius 1 is 1.50 bits per heavy atom. The van der Waals surface area contributed by atoms with Crippen LogP contribution in [0.5, 0.6) is 0 Å². The van der Waals surface area contributed by atoms with E-state index in [9.17, 15) is 4.57 Å². The van der Waals surface area contributed by atoms with Crippen molar-refractivity contribution < 1.29 is 27.3 Å². The van der Waals surface area contributed by atoms with Crippen LogP contribution >= 0.6 is 19.4 Å². The van der Waals surface area contributed by atoms with Crippen molar-refractivity contribution in [3.63, 3.8) is 0 Å². The largest absolute Gasteiger partial charge is 0.475 e. The number of aromatic nitrogens is 4. The smallest absolute Gasteiger partial charge is 0.382 e. The Hall–Kier alpha value is -1.36. The molecule has 0 aromatic carbocycles. The summed E-state index contributed by atoms with van der Waals surface area (Å²) < 4.78 is 50.5. The molecule has 5 atom stereocenters. The SMILES string of the molecule is CC(C)OP1(=O)OC[C@H]2O[C@@H](n3cnc4c(N)ncnc43)[C@](F)(Cl)[C@@H]2O1. The third-order valence-corrected chi connectivity index (χ3v) is 6.00. The Morgan fingerprint density at radius 2 is 2.27 bits per heavy atom. The van der Waals surface area contributed by atoms with Crippen molar-refractivity contribution in [3.05, 3.63) is 12.7 Å². The second-order valence-corrected chi connectivity index (χ2v) is 8.36. The molecule has 10 nitrogen and oxygen atoms in total. The van der Waals surface area contributed by atoms with E-state index in [-0.39, 0.29) is 23.6 Å². The molecule has 4 rings (SSSR count). The Bertz CT molecular complexity index is 895. The van der Waals surface area contributed by atoms with Crippen molar-refractivity contribution in [1.29, 1.82) is 0 Å². The summed E-state index contributed by atoms with van der Waals surface area (Å²) in [5.41, 5.74) is 6.27. The third-order valence-electron chi connectivity index (χ3n) is 3.97. The monoisotopic (exact) mass is 407 g/mol. The van der Waals surface area contributed by atoms with Crippen molar-refractivity contribution in [1.82, 2.24) is 19.5 Å². The second kappa shape index (κ2) is 6.08. The van der Waals surface area contributed by atoms with Gasteiger partial charge in [-0.15, -0.1) is 0 Å². The Morgan fingerprint density at radius 3 is 3.00 bits per heavy atom. The number of fused-ring (bicyclic) bond motifs is 2. The average molecular weight is 408 g/mol. The minimum absolute atomic E-state index is 0.137. The van der Waals surface area contributed by atoms with Crippen LogP contribution in [0.25, 0.3) is 11.2 Å². The fraction of sp³-hybridized carbons (Fsp3) is 0.615. The molecule has 0 saturated carbocycles. The molecule has 0 radical (unpaired) electrons. The molecule has 1 unspecified atom stereocenters. The summed E-state index contributed by atoms with van der Waals surface area (Å²) in [7, 11) is -3.95. The molecule has 0 amide bonds. The fourth-order valence-corrected chi connectivity index (χ4v) is 4.91. The highest BCUT2D eigenvalue weighted by Crippen LogP contribution is 2.61. The molecule has 2 fully saturated rings. The average Bonchev–Trinajstić information content (AvgIpc) is 3.07. The number of hydrogen-bond donors (Lipinski definition) is 1. The maximum Gasteiger partial charge on any atom is 0.475 e. The molecular weight excluding hydrogens is 392 g/mol. The van der Waals surface area contributed by atoms with Crippen molar-refractivity contribution in [2.24, 2.45) is 0 Å². The van der Waals surface area contributed by atoms with Crippen LogP contribution in [0, 0.1) is 0 Å². The molecule has 0 aliphatic carbocycles. The number of alkyl halides is 2. The fourth-order valence-electron chi connectivity index (χ4n) is 2.92. The molecule has 4 heterocycles. The number of phosphoric ester groups is 1. The molecular formula is C13H16ClFN5O5P. The number of imidazole rings is 1. The summed E-state index contributed by atoms with van der Waals surface area (Å²) in [5.74, 6) is 0.137. The van der Waals surface area contributed by atoms with Gasteiger partial charge in [0.05, 0.1) is 19.0 Å². The van der Waals surface area contributed by atoms with Crippen molar-refractivity contribution >= 4 is 36.4 Å². The van der Waals surface area contributed by atoms with Crippen molar-refractivity contribution in [2.75, 3.05) is 12.3 Å². The Balaban J connectivity index is 1.68. The van der Waals surface area contributed by atoms with Gasteiger partial charge in [-0.3, -0.25) is 18.1 Å². The van der Waals surface area contributed by atoms with Gasteiger partial charge < -0.3 is 10.5 Å². The summed E-state index contributed by atoms with van der Waals surface area (Å²) in [4.78, 5) is 11.9. The zero-order valence-corrected chi connectivity index (χ0v) is 15.4. The first-order valence-electron chi connectivity index (χ1n) is 7.79. The van der Waals surface area contributed by atoms with Gasteiger partial charge >= 0.3 is 7.82 Å². The highest BCUT2D eigenvalue weighted by atomic mass is 35.5. The van der Waals surface area contributed by atoms with E-state index in [1.165, 1.54) is 17.2 Å². The molecule has 2 aliphatic rings. The van der Waals surface area contributed by atoms with Crippen molar-refractivity contribution in [2.45, 2.75) is 43.5 Å². The number of phosphoric acid groups is 1. The van der Waals surface area contributed by atoms with Gasteiger partial charge in [-0.1, -0.05) is 11.6 Å². The first-order valence-corrected chi connectivity index (χ1v) is 9.63. The molecule has 2 aromatic rings. The predicted molar refractivity (Wildman–Crippen MR) is 88.0 cm³/mol. The minimum atomic E-state index is -3.95. The summed E-state index contributed by atoms with van der Waals surface area (Å²) in [6.45, 7) is 3.10. The number of nitrogens with two attached hydrogens (primary N) is 1. The van der Waals surface area contributed by atoms with E-state index in [0.717, 1.165) is 0 Å². The quantitative estimate of drug-likeness (QED) is 0.602. The van der Waals surface area contributed by atoms with Gasteiger partial charge in [-0.05, 0) is 13.8 Å². The zero-order valence-electron chi connectivity index (χ0n) is 13.8. The van der Waals surface area contributed by atoms with E-state index < -0.39 is 37.5 Å². The maximum absolute atomic E-state index is 15.4. The summed E-state index contributed by atoms with van der Waals surface area (Å²) in [5, 5.41) is -2.57. The van der Waals surface area contributed by atoms with Crippen LogP contribution < -0.4 is 5.73 Å². The van der Waals surface area contributed by atoms with Crippen LogP contribution in [0.3, 0.4) is 0 Å². The van der Waals surface area contributed by atoms with E-state index >= 15 is 4.39 Å². The number of hydrogen-bond acceptors (Lipinski definition) is 9. The number of halogens is 2. The first-order chi connectivity index (χ1) is 12.2. The Kier molecular flexibility index (Phi) is 4.22. The lowest BCUT2D eigenvalue weighted by Crippen LogP contribution is -2.43. The highest BCUT2D eigenvalue weighted by Gasteiger charge is 2.63. The normalized spacial score (nSPS) is 37.3. The molecule has 0 bridgehead atoms. The van der Waals surface area contributed by atoms with Crippen LogP contribution in [-0.2, 0) is 22.9 Å². The molecule has 26 heavy (non-hydrogen) atoms. The third kappa shape index (κ3) is 2.79. The maximum atomic E-state index is 15.4. The van der Waals surface area contributed by atoms with Crippen molar-refractivity contribution in [3.8, 4) is 0 Å². The van der Waals surface area contributed by atoms with E-state index in [4.69, 9.17) is 35.6 Å². The van der Waals surface area contributed by atoms with E-state index in [2.05, 4.69) is 15.0 Å². The summed E-state index contributed by atoms with van der Waals surface area (Å²) >= 11 is 6.13. The lowest BCUT2D eigenvalue weighted by Gasteiger charge is -2.33. The number of nitrogen functional groups attached to an aromatic ring is 1. The van der Waals surface area contributed by atoms with Gasteiger partial charge in [-0.2, -0.15) is 0 Å². The molecule has 2 N–H and O–H groups in total. The zero-order chi connectivity index (χ0) is 18.7. The summed E-state index contributed by atoms with van der Waals surface area (Å²) in [6.07, 6.45) is -1.55. The molecule has 2 aromatic heterocycles. The lowest BCUT2D eigenvalue weighted by molar-refractivity contribution is -0.0733. The lowest BCUT2D eigenvalue weighted by atomic mass is 10.1. The summed E-state index contributed by atoms with van der Waals surface area (Å²) in [6, 6.07) is 0. The second-order valence-electron chi connectivity index (χ2n) is 6.21. The standard InChI is InChI=1S/C13H16ClFN5O5P/c1-6(2)24-26(21)22-3-7-9(25-26)13(14,15)12(23-7)20-5-19-8-10(16)17-4-18-11(8)20/h4-7,9,12H,3H2,1-2H3,(H2,16,17,18)/t7-,9-,12-,13+,26?/m1/s1. The highest BCUT2D eigenvalue weighted by molar-refractivity contribution is 7.48. The van der Waals surface area contributed by atoms with Gasteiger partial charge in [0.2, 0.25) is 0 Å². The van der Waals surface area contributed by atoms with Crippen LogP contribution in [0.1, 0.15) is 20.1 Å². The number of rotatable bonds is 3. The molecule has 142 valence electrons. The Labute approximate surface area is 152 Å². The van der Waals surface area contributed by atoms with E-state index in [0.29, 0.717) is 0 Å². The number of anilines is 1. The minimum Gasteiger partial charge on any atom is -0.382 e. The van der Waals surface area contributed by atoms with Crippen LogP contribution in [0.15, 0.2) is 12.7 Å². The first kappa shape index (κ1) is 18.0. The van der Waals surface area contributed by atoms with Gasteiger partial charge in [0, 0.05) is 0 Å². The molecule has 2 aliphatic heterocycles. The van der Waals surface area contributed by atoms with Gasteiger partial charge in [0.15, 0.2) is 23.8 Å².